The SMILES string of the molecule is CC(C)CC(NC(=O)c1cccc(NC(=O)N2CCN(C)CC2)c1)C(=O)NCC#N. The summed E-state index contributed by atoms with van der Waals surface area (Å²) in [6, 6.07) is 7.53. The van der Waals surface area contributed by atoms with E-state index in [0.29, 0.717) is 30.8 Å². The number of nitrogens with zero attached hydrogens (tertiary/aromatic N) is 3. The van der Waals surface area contributed by atoms with E-state index in [1.165, 1.54) is 0 Å². The van der Waals surface area contributed by atoms with Crippen molar-refractivity contribution in [1.82, 2.24) is 20.4 Å². The first kappa shape index (κ1) is 23.2. The molecule has 1 aliphatic heterocycles. The van der Waals surface area contributed by atoms with Gasteiger partial charge in [0.2, 0.25) is 5.91 Å². The second-order valence-electron chi connectivity index (χ2n) is 7.83. The Hall–Kier alpha value is -3.12. The second-order valence-corrected chi connectivity index (χ2v) is 7.83. The lowest BCUT2D eigenvalue weighted by atomic mass is 10.0. The number of amides is 4. The van der Waals surface area contributed by atoms with Crippen molar-refractivity contribution in [2.45, 2.75) is 26.3 Å². The number of carbonyl (C=O) groups is 3. The van der Waals surface area contributed by atoms with E-state index >= 15 is 0 Å². The number of hydrogen-bond acceptors (Lipinski definition) is 5. The molecule has 4 amide bonds. The van der Waals surface area contributed by atoms with Crippen molar-refractivity contribution in [3.05, 3.63) is 29.8 Å². The van der Waals surface area contributed by atoms with Gasteiger partial charge in [-0.05, 0) is 37.6 Å². The molecule has 9 nitrogen and oxygen atoms in total. The summed E-state index contributed by atoms with van der Waals surface area (Å²) in [6.07, 6.45) is 0.447. The summed E-state index contributed by atoms with van der Waals surface area (Å²) in [5.41, 5.74) is 0.855. The first-order valence-electron chi connectivity index (χ1n) is 10.1. The van der Waals surface area contributed by atoms with Gasteiger partial charge in [0, 0.05) is 37.4 Å². The number of urea groups is 1. The Bertz CT molecular complexity index is 796. The fourth-order valence-corrected chi connectivity index (χ4v) is 3.14. The van der Waals surface area contributed by atoms with Crippen LogP contribution in [0.25, 0.3) is 0 Å². The van der Waals surface area contributed by atoms with E-state index in [1.54, 1.807) is 29.2 Å². The van der Waals surface area contributed by atoms with Gasteiger partial charge in [0.05, 0.1) is 6.07 Å². The molecule has 1 fully saturated rings. The Labute approximate surface area is 177 Å². The van der Waals surface area contributed by atoms with Crippen molar-refractivity contribution >= 4 is 23.5 Å². The van der Waals surface area contributed by atoms with E-state index in [-0.39, 0.29) is 18.5 Å². The number of rotatable bonds is 7. The molecule has 0 aliphatic carbocycles. The topological polar surface area (TPSA) is 118 Å². The summed E-state index contributed by atoms with van der Waals surface area (Å²) in [5.74, 6) is -0.626. The highest BCUT2D eigenvalue weighted by atomic mass is 16.2. The number of benzene rings is 1. The molecule has 0 radical (unpaired) electrons. The Morgan fingerprint density at radius 3 is 2.50 bits per heavy atom. The summed E-state index contributed by atoms with van der Waals surface area (Å²) < 4.78 is 0. The van der Waals surface area contributed by atoms with E-state index in [9.17, 15) is 14.4 Å². The van der Waals surface area contributed by atoms with E-state index in [4.69, 9.17) is 5.26 Å². The lowest BCUT2D eigenvalue weighted by molar-refractivity contribution is -0.123. The van der Waals surface area contributed by atoms with Gasteiger partial charge >= 0.3 is 6.03 Å². The molecule has 9 heteroatoms. The summed E-state index contributed by atoms with van der Waals surface area (Å²) in [5, 5.41) is 16.7. The van der Waals surface area contributed by atoms with Crippen LogP contribution in [0.15, 0.2) is 24.3 Å². The number of carbonyl (C=O) groups excluding carboxylic acids is 3. The molecule has 0 aromatic heterocycles. The zero-order valence-electron chi connectivity index (χ0n) is 17.8. The molecule has 1 heterocycles. The first-order chi connectivity index (χ1) is 14.3. The second kappa shape index (κ2) is 11.2. The zero-order chi connectivity index (χ0) is 22.1. The molecular formula is C21H30N6O3. The van der Waals surface area contributed by atoms with Crippen LogP contribution in [0, 0.1) is 17.2 Å². The van der Waals surface area contributed by atoms with Crippen molar-refractivity contribution in [3.8, 4) is 6.07 Å². The van der Waals surface area contributed by atoms with Crippen LogP contribution in [0.5, 0.6) is 0 Å². The first-order valence-corrected chi connectivity index (χ1v) is 10.1. The van der Waals surface area contributed by atoms with Crippen molar-refractivity contribution in [2.24, 2.45) is 5.92 Å². The van der Waals surface area contributed by atoms with Crippen molar-refractivity contribution in [3.63, 3.8) is 0 Å². The van der Waals surface area contributed by atoms with Gasteiger partial charge in [0.15, 0.2) is 0 Å². The van der Waals surface area contributed by atoms with Crippen LogP contribution >= 0.6 is 0 Å². The Morgan fingerprint density at radius 2 is 1.87 bits per heavy atom. The zero-order valence-corrected chi connectivity index (χ0v) is 17.8. The smallest absolute Gasteiger partial charge is 0.321 e. The van der Waals surface area contributed by atoms with Crippen LogP contribution in [0.3, 0.4) is 0 Å². The van der Waals surface area contributed by atoms with E-state index < -0.39 is 17.9 Å². The molecule has 1 aromatic carbocycles. The minimum atomic E-state index is -0.741. The Morgan fingerprint density at radius 1 is 1.17 bits per heavy atom. The number of piperazine rings is 1. The van der Waals surface area contributed by atoms with Crippen LogP contribution in [-0.4, -0.2) is 73.5 Å². The fraction of sp³-hybridized carbons (Fsp3) is 0.524. The van der Waals surface area contributed by atoms with E-state index in [1.807, 2.05) is 27.0 Å². The highest BCUT2D eigenvalue weighted by molar-refractivity contribution is 5.99. The standard InChI is InChI=1S/C21H30N6O3/c1-15(2)13-18(20(29)23-8-7-22)25-19(28)16-5-4-6-17(14-16)24-21(30)27-11-9-26(3)10-12-27/h4-6,14-15,18H,8-13H2,1-3H3,(H,23,29)(H,24,30)(H,25,28). The maximum absolute atomic E-state index is 12.7. The third-order valence-corrected chi connectivity index (χ3v) is 4.84. The van der Waals surface area contributed by atoms with E-state index in [0.717, 1.165) is 13.1 Å². The number of hydrogen-bond donors (Lipinski definition) is 3. The molecule has 30 heavy (non-hydrogen) atoms. The molecule has 1 saturated heterocycles. The summed E-state index contributed by atoms with van der Waals surface area (Å²) in [7, 11) is 2.02. The lowest BCUT2D eigenvalue weighted by Gasteiger charge is -2.32. The number of nitrogens with one attached hydrogen (secondary N) is 3. The molecule has 0 spiro atoms. The summed E-state index contributed by atoms with van der Waals surface area (Å²) >= 11 is 0. The predicted molar refractivity (Wildman–Crippen MR) is 114 cm³/mol. The van der Waals surface area contributed by atoms with Crippen LogP contribution < -0.4 is 16.0 Å². The maximum atomic E-state index is 12.7. The quantitative estimate of drug-likeness (QED) is 0.581. The normalized spacial score (nSPS) is 15.2. The third-order valence-electron chi connectivity index (χ3n) is 4.84. The third kappa shape index (κ3) is 7.04. The van der Waals surface area contributed by atoms with Crippen molar-refractivity contribution < 1.29 is 14.4 Å². The van der Waals surface area contributed by atoms with E-state index in [2.05, 4.69) is 20.9 Å². The average molecular weight is 415 g/mol. The number of likely N-dealkylation sites (N-methyl/N-ethyl adjacent to an activating group) is 1. The van der Waals surface area contributed by atoms with Crippen LogP contribution in [0.2, 0.25) is 0 Å². The molecule has 1 unspecified atom stereocenters. The van der Waals surface area contributed by atoms with Crippen LogP contribution in [0.1, 0.15) is 30.6 Å². The molecular weight excluding hydrogens is 384 g/mol. The summed E-state index contributed by atoms with van der Waals surface area (Å²) in [6.45, 7) is 6.73. The molecule has 1 aliphatic rings. The largest absolute Gasteiger partial charge is 0.341 e. The van der Waals surface area contributed by atoms with Gasteiger partial charge in [-0.3, -0.25) is 9.59 Å². The average Bonchev–Trinajstić information content (AvgIpc) is 2.71. The van der Waals surface area contributed by atoms with Gasteiger partial charge < -0.3 is 25.8 Å². The number of nitriles is 1. The molecule has 162 valence electrons. The van der Waals surface area contributed by atoms with Gasteiger partial charge in [-0.1, -0.05) is 19.9 Å². The molecule has 1 atom stereocenters. The fourth-order valence-electron chi connectivity index (χ4n) is 3.14. The predicted octanol–water partition coefficient (Wildman–Crippen LogP) is 1.25. The molecule has 0 saturated carbocycles. The van der Waals surface area contributed by atoms with Gasteiger partial charge in [-0.2, -0.15) is 5.26 Å². The minimum absolute atomic E-state index is 0.114. The highest BCUT2D eigenvalue weighted by Crippen LogP contribution is 2.13. The monoisotopic (exact) mass is 414 g/mol. The van der Waals surface area contributed by atoms with Crippen molar-refractivity contribution in [2.75, 3.05) is 45.1 Å². The summed E-state index contributed by atoms with van der Waals surface area (Å²) in [4.78, 5) is 41.3. The van der Waals surface area contributed by atoms with Gasteiger partial charge in [0.1, 0.15) is 12.6 Å². The Kier molecular flexibility index (Phi) is 8.62. The molecule has 3 N–H and O–H groups in total. The minimum Gasteiger partial charge on any atom is -0.341 e. The van der Waals surface area contributed by atoms with Gasteiger partial charge in [0.25, 0.3) is 5.91 Å². The molecule has 2 rings (SSSR count). The number of anilines is 1. The van der Waals surface area contributed by atoms with Gasteiger partial charge in [-0.15, -0.1) is 0 Å². The van der Waals surface area contributed by atoms with Crippen molar-refractivity contribution in [1.29, 1.82) is 5.26 Å². The maximum Gasteiger partial charge on any atom is 0.321 e. The highest BCUT2D eigenvalue weighted by Gasteiger charge is 2.23. The van der Waals surface area contributed by atoms with Crippen LogP contribution in [0.4, 0.5) is 10.5 Å². The van der Waals surface area contributed by atoms with Crippen LogP contribution in [-0.2, 0) is 4.79 Å². The lowest BCUT2D eigenvalue weighted by Crippen LogP contribution is -2.48. The molecule has 1 aromatic rings. The molecule has 0 bridgehead atoms. The van der Waals surface area contributed by atoms with Gasteiger partial charge in [-0.25, -0.2) is 4.79 Å². The Balaban J connectivity index is 2.02.